The molecule has 0 radical (unpaired) electrons. The first kappa shape index (κ1) is 17.1. The first-order valence-electron chi connectivity index (χ1n) is 4.19. The van der Waals surface area contributed by atoms with Gasteiger partial charge < -0.3 is 4.89 Å². The van der Waals surface area contributed by atoms with Crippen molar-refractivity contribution in [3.63, 3.8) is 0 Å². The maximum atomic E-state index is 11.4. The van der Waals surface area contributed by atoms with Crippen LogP contribution >= 0.6 is 18.7 Å². The molecule has 0 aliphatic carbocycles. The number of hydrogen-bond donors (Lipinski definition) is 0. The van der Waals surface area contributed by atoms with Gasteiger partial charge in [-0.1, -0.05) is 39.3 Å². The molecule has 0 amide bonds. The van der Waals surface area contributed by atoms with Crippen molar-refractivity contribution in [1.82, 2.24) is 0 Å². The maximum Gasteiger partial charge on any atom is 1.00 e. The SMILES string of the molecule is C[Si](C)(C)C(P([O-])Cl)[Si](C)(C)C.[Li+]. The normalized spacial score (nSPS) is 15.5. The Balaban J connectivity index is 0. The number of halogens is 1. The molecule has 0 saturated heterocycles. The molecule has 0 aromatic rings. The standard InChI is InChI=1S/C7H19ClOPSi2.Li/c1-11(2,3)7(10(8)9)12(4,5)6;/h7H,1-6H3;/q-1;+1. The predicted molar refractivity (Wildman–Crippen MR) is 63.3 cm³/mol. The molecule has 0 spiro atoms. The van der Waals surface area contributed by atoms with E-state index in [1.807, 2.05) is 0 Å². The molecule has 0 bridgehead atoms. The molecule has 0 N–H and O–H groups in total. The van der Waals surface area contributed by atoms with E-state index in [9.17, 15) is 4.89 Å². The third kappa shape index (κ3) is 5.99. The molecule has 0 fully saturated rings. The predicted octanol–water partition coefficient (Wildman–Crippen LogP) is 0.0248. The van der Waals surface area contributed by atoms with Crippen LogP contribution in [-0.4, -0.2) is 21.1 Å². The van der Waals surface area contributed by atoms with Gasteiger partial charge in [0.05, 0.1) is 0 Å². The summed E-state index contributed by atoms with van der Waals surface area (Å²) in [5.74, 6) is 0. The van der Waals surface area contributed by atoms with Crippen LogP contribution in [0.5, 0.6) is 0 Å². The van der Waals surface area contributed by atoms with Crippen LogP contribution in [0.2, 0.25) is 39.3 Å². The molecule has 1 nitrogen and oxygen atoms in total. The number of rotatable bonds is 3. The van der Waals surface area contributed by atoms with Crippen LogP contribution in [0.4, 0.5) is 0 Å². The molecule has 0 aromatic carbocycles. The van der Waals surface area contributed by atoms with Crippen molar-refractivity contribution in [3.05, 3.63) is 0 Å². The van der Waals surface area contributed by atoms with Gasteiger partial charge in [-0.25, -0.2) is 0 Å². The Bertz CT molecular complexity index is 142. The minimum Gasteiger partial charge on any atom is -0.818 e. The van der Waals surface area contributed by atoms with Gasteiger partial charge in [0.2, 0.25) is 0 Å². The van der Waals surface area contributed by atoms with E-state index in [2.05, 4.69) is 39.3 Å². The van der Waals surface area contributed by atoms with E-state index >= 15 is 0 Å². The molecular weight excluding hydrogens is 230 g/mol. The van der Waals surface area contributed by atoms with Crippen LogP contribution in [0, 0.1) is 0 Å². The molecule has 0 heterocycles. The second-order valence-electron chi connectivity index (χ2n) is 5.41. The molecule has 6 heteroatoms. The van der Waals surface area contributed by atoms with Gasteiger partial charge in [0.15, 0.2) is 0 Å². The minimum atomic E-state index is -1.49. The van der Waals surface area contributed by atoms with E-state index in [1.54, 1.807) is 0 Å². The Kier molecular flexibility index (Phi) is 7.51. The Morgan fingerprint density at radius 3 is 1.23 bits per heavy atom. The second kappa shape index (κ2) is 5.70. The average molecular weight is 249 g/mol. The topological polar surface area (TPSA) is 23.1 Å². The monoisotopic (exact) mass is 248 g/mol. The van der Waals surface area contributed by atoms with Gasteiger partial charge >= 0.3 is 18.9 Å². The van der Waals surface area contributed by atoms with Crippen molar-refractivity contribution in [3.8, 4) is 0 Å². The van der Waals surface area contributed by atoms with Gasteiger partial charge in [0.1, 0.15) is 0 Å². The van der Waals surface area contributed by atoms with Crippen LogP contribution in [0.15, 0.2) is 0 Å². The fraction of sp³-hybridized carbons (Fsp3) is 1.00. The molecule has 0 saturated carbocycles. The summed E-state index contributed by atoms with van der Waals surface area (Å²) in [6.45, 7) is 13.5. The van der Waals surface area contributed by atoms with Crippen LogP contribution in [0.25, 0.3) is 0 Å². The fourth-order valence-corrected chi connectivity index (χ4v) is 22.4. The maximum absolute atomic E-state index is 11.4. The summed E-state index contributed by atoms with van der Waals surface area (Å²) in [7, 11) is -4.17. The van der Waals surface area contributed by atoms with Gasteiger partial charge in [-0.3, -0.25) is 0 Å². The molecule has 1 atom stereocenters. The van der Waals surface area contributed by atoms with E-state index in [-0.39, 0.29) is 18.9 Å². The first-order chi connectivity index (χ1) is 5.07. The smallest absolute Gasteiger partial charge is 0.818 e. The third-order valence-corrected chi connectivity index (χ3v) is 18.3. The van der Waals surface area contributed by atoms with Gasteiger partial charge in [-0.2, -0.15) is 0 Å². The largest absolute Gasteiger partial charge is 1.00 e. The Hall–Kier alpha value is 1.71. The average Bonchev–Trinajstić information content (AvgIpc) is 1.49. The number of hydrogen-bond acceptors (Lipinski definition) is 1. The molecule has 0 aliphatic rings. The van der Waals surface area contributed by atoms with E-state index in [4.69, 9.17) is 11.2 Å². The quantitative estimate of drug-likeness (QED) is 0.510. The van der Waals surface area contributed by atoms with Crippen LogP contribution in [0.3, 0.4) is 0 Å². The molecule has 1 unspecified atom stereocenters. The van der Waals surface area contributed by atoms with Gasteiger partial charge in [-0.15, -0.1) is 18.7 Å². The Morgan fingerprint density at radius 1 is 1.00 bits per heavy atom. The van der Waals surface area contributed by atoms with Crippen LogP contribution < -0.4 is 23.8 Å². The zero-order valence-electron chi connectivity index (χ0n) is 9.81. The molecule has 13 heavy (non-hydrogen) atoms. The first-order valence-corrected chi connectivity index (χ1v) is 13.6. The van der Waals surface area contributed by atoms with Crippen molar-refractivity contribution in [2.24, 2.45) is 0 Å². The zero-order valence-corrected chi connectivity index (χ0v) is 13.5. The molecule has 74 valence electrons. The van der Waals surface area contributed by atoms with E-state index in [1.165, 1.54) is 0 Å². The fourth-order valence-electron chi connectivity index (χ4n) is 1.91. The molecular formula is C7H19ClLiOPSi2. The summed E-state index contributed by atoms with van der Waals surface area (Å²) < 4.78 is 0. The van der Waals surface area contributed by atoms with E-state index in [0.717, 1.165) is 0 Å². The summed E-state index contributed by atoms with van der Waals surface area (Å²) in [5, 5.41) is 0. The summed E-state index contributed by atoms with van der Waals surface area (Å²) >= 11 is 5.79. The van der Waals surface area contributed by atoms with Gasteiger partial charge in [0.25, 0.3) is 0 Å². The van der Waals surface area contributed by atoms with Crippen molar-refractivity contribution in [2.45, 2.75) is 44.2 Å². The summed E-state index contributed by atoms with van der Waals surface area (Å²) in [6.07, 6.45) is 0. The second-order valence-corrected chi connectivity index (χ2v) is 19.6. The van der Waals surface area contributed by atoms with Crippen molar-refractivity contribution < 1.29 is 23.8 Å². The van der Waals surface area contributed by atoms with Crippen molar-refractivity contribution >= 4 is 34.9 Å². The van der Waals surface area contributed by atoms with Crippen LogP contribution in [-0.2, 0) is 0 Å². The zero-order chi connectivity index (χ0) is 10.2. The molecule has 0 aromatic heterocycles. The summed E-state index contributed by atoms with van der Waals surface area (Å²) in [6, 6.07) is 0. The molecule has 0 aliphatic heterocycles. The van der Waals surface area contributed by atoms with E-state index in [0.29, 0.717) is 4.91 Å². The van der Waals surface area contributed by atoms with Crippen molar-refractivity contribution in [2.75, 3.05) is 0 Å². The Morgan fingerprint density at radius 2 is 1.23 bits per heavy atom. The van der Waals surface area contributed by atoms with E-state index < -0.39 is 23.6 Å². The van der Waals surface area contributed by atoms with Crippen LogP contribution in [0.1, 0.15) is 0 Å². The summed E-state index contributed by atoms with van der Waals surface area (Å²) in [4.78, 5) is 11.8. The minimum absolute atomic E-state index is 0. The Labute approximate surface area is 102 Å². The molecule has 0 rings (SSSR count). The van der Waals surface area contributed by atoms with Gasteiger partial charge in [-0.05, 0) is 4.91 Å². The van der Waals surface area contributed by atoms with Crippen molar-refractivity contribution in [1.29, 1.82) is 0 Å². The third-order valence-electron chi connectivity index (χ3n) is 1.84. The van der Waals surface area contributed by atoms with Gasteiger partial charge in [0, 0.05) is 16.1 Å². The summed E-state index contributed by atoms with van der Waals surface area (Å²) in [5.41, 5.74) is 0.